The zero-order valence-electron chi connectivity index (χ0n) is 63.6. The maximum atomic E-state index is 13.7. The number of anilines is 3. The fraction of sp³-hybridized carbons (Fsp3) is 0.191. The van der Waals surface area contributed by atoms with Gasteiger partial charge in [-0.3, -0.25) is 43.5 Å². The molecule has 7 aliphatic rings. The minimum atomic E-state index is -1.10. The van der Waals surface area contributed by atoms with Crippen LogP contribution in [0.15, 0.2) is 282 Å². The van der Waals surface area contributed by atoms with Crippen molar-refractivity contribution in [2.45, 2.75) is 89.7 Å². The third-order valence-electron chi connectivity index (χ3n) is 21.4. The van der Waals surface area contributed by atoms with E-state index >= 15 is 0 Å². The Morgan fingerprint density at radius 1 is 0.342 bits per heavy atom. The molecule has 6 amide bonds. The number of ether oxygens (including phenoxy) is 3. The molecule has 1 saturated carbocycles. The van der Waals surface area contributed by atoms with Crippen molar-refractivity contribution in [3.8, 4) is 0 Å². The summed E-state index contributed by atoms with van der Waals surface area (Å²) in [6, 6.07) is 73.4. The number of amides is 6. The van der Waals surface area contributed by atoms with Crippen molar-refractivity contribution >= 4 is 87.5 Å². The average Bonchev–Trinajstić information content (AvgIpc) is 1.61. The zero-order chi connectivity index (χ0) is 80.3. The van der Waals surface area contributed by atoms with Gasteiger partial charge in [-0.1, -0.05) is 183 Å². The second-order valence-electron chi connectivity index (χ2n) is 29.0. The number of carbonyl (C=O) groups excluding carboxylic acids is 9. The van der Waals surface area contributed by atoms with Crippen molar-refractivity contribution in [2.24, 2.45) is 20.9 Å². The van der Waals surface area contributed by atoms with Crippen LogP contribution in [-0.4, -0.2) is 119 Å². The molecular weight excluding hydrogens is 1480 g/mol. The molecule has 0 saturated heterocycles. The second-order valence-corrected chi connectivity index (χ2v) is 29.0. The van der Waals surface area contributed by atoms with Crippen molar-refractivity contribution in [3.63, 3.8) is 0 Å². The van der Waals surface area contributed by atoms with Crippen LogP contribution in [-0.2, 0) is 72.5 Å². The number of nitrogens with zero attached hydrogens (tertiary/aromatic N) is 8. The molecule has 23 heteroatoms. The van der Waals surface area contributed by atoms with E-state index in [-0.39, 0.29) is 61.2 Å². The van der Waals surface area contributed by atoms with Crippen LogP contribution in [0.3, 0.4) is 0 Å². The summed E-state index contributed by atoms with van der Waals surface area (Å²) in [5, 5.41) is 8.48. The Morgan fingerprint density at radius 3 is 0.974 bits per heavy atom. The molecule has 1 aliphatic carbocycles. The van der Waals surface area contributed by atoms with E-state index in [0.717, 1.165) is 110 Å². The van der Waals surface area contributed by atoms with Gasteiger partial charge in [0.05, 0.1) is 51.2 Å². The molecule has 11 aromatic rings. The molecule has 117 heavy (non-hydrogen) atoms. The Labute approximate surface area is 674 Å². The summed E-state index contributed by atoms with van der Waals surface area (Å²) < 4.78 is 17.0. The van der Waals surface area contributed by atoms with Crippen LogP contribution >= 0.6 is 0 Å². The lowest BCUT2D eigenvalue weighted by molar-refractivity contribution is -0.151. The van der Waals surface area contributed by atoms with Gasteiger partial charge in [-0.25, -0.2) is 24.6 Å². The molecule has 23 nitrogen and oxygen atoms in total. The van der Waals surface area contributed by atoms with Gasteiger partial charge in [0.2, 0.25) is 18.5 Å². The van der Waals surface area contributed by atoms with Crippen molar-refractivity contribution in [3.05, 3.63) is 362 Å². The Balaban J connectivity index is 0.000000131. The van der Waals surface area contributed by atoms with Gasteiger partial charge in [0.1, 0.15) is 19.8 Å². The third kappa shape index (κ3) is 17.0. The van der Waals surface area contributed by atoms with Gasteiger partial charge >= 0.3 is 17.9 Å². The lowest BCUT2D eigenvalue weighted by Crippen LogP contribution is -2.46. The molecule has 6 aliphatic heterocycles. The fourth-order valence-corrected chi connectivity index (χ4v) is 15.7. The molecule has 3 unspecified atom stereocenters. The molecule has 3 N–H and O–H groups in total. The predicted molar refractivity (Wildman–Crippen MR) is 440 cm³/mol. The number of rotatable bonds is 18. The summed E-state index contributed by atoms with van der Waals surface area (Å²) in [5.41, 5.74) is 16.6. The summed E-state index contributed by atoms with van der Waals surface area (Å²) in [6.07, 6.45) is 9.94. The molecule has 2 aromatic heterocycles. The minimum Gasteiger partial charge on any atom is -0.461 e. The second kappa shape index (κ2) is 34.9. The molecule has 0 bridgehead atoms. The largest absolute Gasteiger partial charge is 0.461 e. The highest BCUT2D eigenvalue weighted by Gasteiger charge is 2.42. The highest BCUT2D eigenvalue weighted by molar-refractivity contribution is 6.24. The van der Waals surface area contributed by atoms with Gasteiger partial charge in [-0.15, -0.1) is 0 Å². The van der Waals surface area contributed by atoms with Gasteiger partial charge in [-0.2, -0.15) is 0 Å². The Kier molecular flexibility index (Phi) is 22.8. The summed E-state index contributed by atoms with van der Waals surface area (Å²) in [5.74, 6) is -2.99. The first-order valence-electron chi connectivity index (χ1n) is 39.0. The first kappa shape index (κ1) is 76.5. The first-order valence-corrected chi connectivity index (χ1v) is 39.0. The van der Waals surface area contributed by atoms with E-state index in [4.69, 9.17) is 29.2 Å². The number of nitrogens with one attached hydrogen (secondary N) is 3. The molecule has 1 fully saturated rings. The number of hydrogen-bond donors (Lipinski definition) is 3. The fourth-order valence-electron chi connectivity index (χ4n) is 15.7. The first-order chi connectivity index (χ1) is 57.2. The van der Waals surface area contributed by atoms with Crippen LogP contribution < -0.4 is 30.7 Å². The number of aromatic nitrogens is 2. The van der Waals surface area contributed by atoms with Crippen LogP contribution in [0.1, 0.15) is 151 Å². The summed E-state index contributed by atoms with van der Waals surface area (Å²) in [6.45, 7) is 1.75. The average molecular weight is 1550 g/mol. The van der Waals surface area contributed by atoms with Crippen molar-refractivity contribution in [2.75, 3.05) is 34.3 Å². The van der Waals surface area contributed by atoms with Crippen molar-refractivity contribution < 1.29 is 57.4 Å². The summed E-state index contributed by atoms with van der Waals surface area (Å²) in [4.78, 5) is 146. The van der Waals surface area contributed by atoms with Gasteiger partial charge < -0.3 is 44.9 Å². The Hall–Kier alpha value is -14.5. The third-order valence-corrected chi connectivity index (χ3v) is 21.4. The van der Waals surface area contributed by atoms with Crippen LogP contribution in [0.2, 0.25) is 0 Å². The molecular formula is C94H79N11O12. The van der Waals surface area contributed by atoms with Gasteiger partial charge in [-0.05, 0) is 144 Å². The Bertz CT molecular complexity index is 5480. The monoisotopic (exact) mass is 1550 g/mol. The van der Waals surface area contributed by atoms with Gasteiger partial charge in [0, 0.05) is 94.5 Å². The predicted octanol–water partition coefficient (Wildman–Crippen LogP) is 12.7. The zero-order valence-corrected chi connectivity index (χ0v) is 63.6. The minimum absolute atomic E-state index is 0.0194. The Morgan fingerprint density at radius 2 is 0.632 bits per heavy atom. The number of hydrogen-bond acceptors (Lipinski definition) is 17. The summed E-state index contributed by atoms with van der Waals surface area (Å²) >= 11 is 0. The maximum Gasteiger partial charge on any atom is 0.338 e. The molecule has 0 spiro atoms. The van der Waals surface area contributed by atoms with Crippen LogP contribution in [0, 0.1) is 5.92 Å². The lowest BCUT2D eigenvalue weighted by Gasteiger charge is -2.22. The van der Waals surface area contributed by atoms with Crippen LogP contribution in [0.4, 0.5) is 17.1 Å². The van der Waals surface area contributed by atoms with Crippen LogP contribution in [0.5, 0.6) is 0 Å². The van der Waals surface area contributed by atoms with Crippen LogP contribution in [0.25, 0.3) is 0 Å². The topological polar surface area (TPSA) is 290 Å². The van der Waals surface area contributed by atoms with E-state index in [1.807, 2.05) is 146 Å². The summed E-state index contributed by atoms with van der Waals surface area (Å²) in [7, 11) is 0. The molecule has 8 heterocycles. The van der Waals surface area contributed by atoms with Gasteiger partial charge in [0.15, 0.2) is 0 Å². The maximum absolute atomic E-state index is 13.7. The number of carbonyl (C=O) groups is 9. The SMILES string of the molecule is O=C(NC1N=C(c2ccccc2)c2cc(COC(=O)C3CCCCC3)cc3c2N(CC3)C1=O)c1ccncc1.O=C(NC1N=C(c2ccccc2)c2cc(COC(=O)c3ccccc3)cc3c2N(CC3)C1=O)c1ccccc1.O=C(NC1N=C(c2ccccc2)c2cc(COC(=O)c3ccncc3)cc3c2N(CC3)C1=O)c1ccccc1. The normalized spacial score (nSPS) is 16.7. The smallest absolute Gasteiger partial charge is 0.338 e. The standard InChI is InChI=1S/C32H25N3O4.C31H30N4O4.C31H24N4O4/c36-30(23-12-6-2-7-13-23)34-29-31(37)35-17-16-25-18-21(20-39-32(38)24-14-8-3-9-15-24)19-26(28(25)35)27(33-29)22-10-4-1-5-11-22;36-29(22-11-14-32-15-12-22)34-28-30(37)35-16-13-24-17-20(19-39-31(38)23-9-5-2-6-10-23)18-25(27(24)35)26(33-28)21-7-3-1-4-8-21;36-29(22-9-5-2-6-10-22)34-28-30(37)35-16-13-24-17-20(19-39-31(38)23-11-14-32-15-12-23)18-25(27(24)35)26(33-28)21-7-3-1-4-8-21/h1-15,18-19,29H,16-17,20H2,(H,34,36);1,3-4,7-8,11-12,14-15,17-18,23,28H,2,5-6,9-10,13,16,19H2,(H,34,36);1-12,14-15,17-18,28H,13,16,19H2,(H,34,36). The number of aliphatic imine (C=N–C) groups is 3. The highest BCUT2D eigenvalue weighted by Crippen LogP contribution is 2.42. The van der Waals surface area contributed by atoms with Crippen molar-refractivity contribution in [1.82, 2.24) is 25.9 Å². The number of benzene rings is 9. The van der Waals surface area contributed by atoms with Gasteiger partial charge in [0.25, 0.3) is 35.4 Å². The van der Waals surface area contributed by atoms with E-state index in [2.05, 4.69) is 25.9 Å². The van der Waals surface area contributed by atoms with E-state index < -0.39 is 36.3 Å². The van der Waals surface area contributed by atoms with Crippen molar-refractivity contribution in [1.29, 1.82) is 0 Å². The van der Waals surface area contributed by atoms with E-state index in [9.17, 15) is 43.2 Å². The lowest BCUT2D eigenvalue weighted by atomic mass is 9.89. The van der Waals surface area contributed by atoms with E-state index in [1.54, 1.807) is 124 Å². The molecule has 582 valence electrons. The van der Waals surface area contributed by atoms with E-state index in [1.165, 1.54) is 18.8 Å². The molecule has 3 atom stereocenters. The van der Waals surface area contributed by atoms with E-state index in [0.29, 0.717) is 83.8 Å². The molecule has 9 aromatic carbocycles. The molecule has 18 rings (SSSR count). The number of esters is 3. The number of pyridine rings is 2. The quantitative estimate of drug-likeness (QED) is 0.0532. The highest BCUT2D eigenvalue weighted by atomic mass is 16.5. The molecule has 0 radical (unpaired) electrons.